The van der Waals surface area contributed by atoms with Gasteiger partial charge in [0.05, 0.1) is 29.7 Å². The van der Waals surface area contributed by atoms with Gasteiger partial charge in [0.1, 0.15) is 0 Å². The van der Waals surface area contributed by atoms with Crippen LogP contribution in [0.5, 0.6) is 0 Å². The van der Waals surface area contributed by atoms with Gasteiger partial charge in [0.15, 0.2) is 0 Å². The maximum atomic E-state index is 12.7. The van der Waals surface area contributed by atoms with Crippen LogP contribution >= 0.6 is 11.3 Å². The first-order chi connectivity index (χ1) is 14.3. The van der Waals surface area contributed by atoms with E-state index in [1.54, 1.807) is 23.3 Å². The fraction of sp³-hybridized carbons (Fsp3) is 0.375. The molecule has 158 valence electrons. The molecule has 0 aliphatic rings. The van der Waals surface area contributed by atoms with Crippen molar-refractivity contribution in [2.45, 2.75) is 46.1 Å². The standard InChI is InChI=1S/C24H29N3O2S/c1-15(2)24-26-16(3)23(30-24)17(4)27(5)22(29)14-25-21(28)13-19-11-8-10-18-9-6-7-12-20(18)19/h6-12,15,17H,13-14H2,1-5H3,(H,25,28)/t17-/m1/s1. The van der Waals surface area contributed by atoms with Crippen LogP contribution in [0.3, 0.4) is 0 Å². The quantitative estimate of drug-likeness (QED) is 0.604. The third kappa shape index (κ3) is 4.87. The van der Waals surface area contributed by atoms with Gasteiger partial charge in [-0.05, 0) is 30.2 Å². The lowest BCUT2D eigenvalue weighted by molar-refractivity contribution is -0.133. The fourth-order valence-electron chi connectivity index (χ4n) is 3.44. The molecule has 0 saturated carbocycles. The van der Waals surface area contributed by atoms with Gasteiger partial charge in [-0.25, -0.2) is 4.98 Å². The van der Waals surface area contributed by atoms with Crippen molar-refractivity contribution in [2.75, 3.05) is 13.6 Å². The number of hydrogen-bond acceptors (Lipinski definition) is 4. The second-order valence-corrected chi connectivity index (χ2v) is 8.99. The summed E-state index contributed by atoms with van der Waals surface area (Å²) in [6.45, 7) is 8.21. The third-order valence-electron chi connectivity index (χ3n) is 5.36. The van der Waals surface area contributed by atoms with Crippen molar-refractivity contribution >= 4 is 33.9 Å². The molecule has 6 heteroatoms. The summed E-state index contributed by atoms with van der Waals surface area (Å²) in [6.07, 6.45) is 0.250. The molecular weight excluding hydrogens is 394 g/mol. The Morgan fingerprint density at radius 3 is 2.50 bits per heavy atom. The van der Waals surface area contributed by atoms with Gasteiger partial charge < -0.3 is 10.2 Å². The maximum absolute atomic E-state index is 12.7. The average molecular weight is 424 g/mol. The van der Waals surface area contributed by atoms with E-state index in [1.165, 1.54) is 0 Å². The Bertz CT molecular complexity index is 1050. The van der Waals surface area contributed by atoms with E-state index in [1.807, 2.05) is 56.3 Å². The molecule has 1 heterocycles. The highest BCUT2D eigenvalue weighted by atomic mass is 32.1. The molecule has 0 saturated heterocycles. The smallest absolute Gasteiger partial charge is 0.242 e. The summed E-state index contributed by atoms with van der Waals surface area (Å²) in [5, 5.41) is 6.03. The van der Waals surface area contributed by atoms with Crippen LogP contribution in [-0.4, -0.2) is 35.3 Å². The van der Waals surface area contributed by atoms with E-state index in [2.05, 4.69) is 24.1 Å². The van der Waals surface area contributed by atoms with E-state index in [0.29, 0.717) is 5.92 Å². The highest BCUT2D eigenvalue weighted by Crippen LogP contribution is 2.31. The number of rotatable bonds is 7. The number of likely N-dealkylation sites (N-methyl/N-ethyl adjacent to an activating group) is 1. The van der Waals surface area contributed by atoms with E-state index in [0.717, 1.165) is 31.9 Å². The van der Waals surface area contributed by atoms with Gasteiger partial charge in [0, 0.05) is 17.8 Å². The molecule has 2 aromatic carbocycles. The zero-order chi connectivity index (χ0) is 21.8. The van der Waals surface area contributed by atoms with Crippen LogP contribution in [0, 0.1) is 6.92 Å². The number of aromatic nitrogens is 1. The number of thiazole rings is 1. The third-order valence-corrected chi connectivity index (χ3v) is 6.99. The Balaban J connectivity index is 1.59. The summed E-state index contributed by atoms with van der Waals surface area (Å²) in [5.74, 6) is 0.0912. The number of fused-ring (bicyclic) bond motifs is 1. The zero-order valence-corrected chi connectivity index (χ0v) is 19.0. The lowest BCUT2D eigenvalue weighted by Gasteiger charge is -2.24. The number of carbonyl (C=O) groups excluding carboxylic acids is 2. The number of hydrogen-bond donors (Lipinski definition) is 1. The number of aryl methyl sites for hydroxylation is 1. The minimum atomic E-state index is -0.156. The van der Waals surface area contributed by atoms with Crippen LogP contribution in [0.4, 0.5) is 0 Å². The van der Waals surface area contributed by atoms with Crippen molar-refractivity contribution in [3.8, 4) is 0 Å². The predicted molar refractivity (Wildman–Crippen MR) is 123 cm³/mol. The second-order valence-electron chi connectivity index (χ2n) is 7.93. The molecule has 0 fully saturated rings. The Morgan fingerprint density at radius 1 is 1.10 bits per heavy atom. The molecule has 5 nitrogen and oxygen atoms in total. The molecule has 1 atom stereocenters. The summed E-state index contributed by atoms with van der Waals surface area (Å²) in [5.41, 5.74) is 1.93. The lowest BCUT2D eigenvalue weighted by atomic mass is 10.0. The van der Waals surface area contributed by atoms with Crippen LogP contribution in [0.2, 0.25) is 0 Å². The van der Waals surface area contributed by atoms with E-state index in [9.17, 15) is 9.59 Å². The van der Waals surface area contributed by atoms with Crippen LogP contribution in [0.1, 0.15) is 53.9 Å². The van der Waals surface area contributed by atoms with Gasteiger partial charge in [-0.15, -0.1) is 11.3 Å². The van der Waals surface area contributed by atoms with Gasteiger partial charge >= 0.3 is 0 Å². The molecule has 2 amide bonds. The number of carbonyl (C=O) groups is 2. The summed E-state index contributed by atoms with van der Waals surface area (Å²) in [7, 11) is 1.78. The second kappa shape index (κ2) is 9.39. The number of amides is 2. The molecule has 30 heavy (non-hydrogen) atoms. The molecular formula is C24H29N3O2S. The molecule has 0 aliphatic carbocycles. The van der Waals surface area contributed by atoms with Crippen molar-refractivity contribution in [1.29, 1.82) is 0 Å². The SMILES string of the molecule is Cc1nc(C(C)C)sc1[C@@H](C)N(C)C(=O)CNC(=O)Cc1cccc2ccccc12. The summed E-state index contributed by atoms with van der Waals surface area (Å²) >= 11 is 1.66. The van der Waals surface area contributed by atoms with Crippen molar-refractivity contribution in [3.05, 3.63) is 63.6 Å². The summed E-state index contributed by atoms with van der Waals surface area (Å²) in [6, 6.07) is 13.8. The van der Waals surface area contributed by atoms with Crippen molar-refractivity contribution in [3.63, 3.8) is 0 Å². The van der Waals surface area contributed by atoms with Gasteiger partial charge in [0.2, 0.25) is 11.8 Å². The maximum Gasteiger partial charge on any atom is 0.242 e. The van der Waals surface area contributed by atoms with Crippen molar-refractivity contribution in [2.24, 2.45) is 0 Å². The normalized spacial score (nSPS) is 12.2. The van der Waals surface area contributed by atoms with E-state index in [-0.39, 0.29) is 30.8 Å². The van der Waals surface area contributed by atoms with E-state index < -0.39 is 0 Å². The molecule has 0 spiro atoms. The van der Waals surface area contributed by atoms with Crippen molar-refractivity contribution in [1.82, 2.24) is 15.2 Å². The highest BCUT2D eigenvalue weighted by Gasteiger charge is 2.23. The molecule has 1 N–H and O–H groups in total. The van der Waals surface area contributed by atoms with Gasteiger partial charge in [-0.3, -0.25) is 9.59 Å². The monoisotopic (exact) mass is 423 g/mol. The van der Waals surface area contributed by atoms with Gasteiger partial charge in [-0.1, -0.05) is 56.3 Å². The van der Waals surface area contributed by atoms with Crippen molar-refractivity contribution < 1.29 is 9.59 Å². The largest absolute Gasteiger partial charge is 0.347 e. The van der Waals surface area contributed by atoms with Crippen LogP contribution in [0.25, 0.3) is 10.8 Å². The number of benzene rings is 2. The Labute approximate surface area is 182 Å². The average Bonchev–Trinajstić information content (AvgIpc) is 3.13. The lowest BCUT2D eigenvalue weighted by Crippen LogP contribution is -2.39. The molecule has 3 aromatic rings. The molecule has 3 rings (SSSR count). The number of nitrogens with zero attached hydrogens (tertiary/aromatic N) is 2. The Morgan fingerprint density at radius 2 is 1.80 bits per heavy atom. The predicted octanol–water partition coefficient (Wildman–Crippen LogP) is 4.61. The molecule has 0 unspecified atom stereocenters. The van der Waals surface area contributed by atoms with Gasteiger partial charge in [0.25, 0.3) is 0 Å². The zero-order valence-electron chi connectivity index (χ0n) is 18.2. The Kier molecular flexibility index (Phi) is 6.87. The van der Waals surface area contributed by atoms with E-state index in [4.69, 9.17) is 0 Å². The molecule has 0 bridgehead atoms. The van der Waals surface area contributed by atoms with Crippen LogP contribution in [-0.2, 0) is 16.0 Å². The van der Waals surface area contributed by atoms with Crippen LogP contribution < -0.4 is 5.32 Å². The molecule has 0 aliphatic heterocycles. The topological polar surface area (TPSA) is 62.3 Å². The fourth-order valence-corrected chi connectivity index (χ4v) is 4.60. The summed E-state index contributed by atoms with van der Waals surface area (Å²) in [4.78, 5) is 32.5. The van der Waals surface area contributed by atoms with Gasteiger partial charge in [-0.2, -0.15) is 0 Å². The first kappa shape index (κ1) is 22.0. The number of nitrogens with one attached hydrogen (secondary N) is 1. The molecule has 0 radical (unpaired) electrons. The first-order valence-corrected chi connectivity index (χ1v) is 11.1. The minimum absolute atomic E-state index is 0.0146. The summed E-state index contributed by atoms with van der Waals surface area (Å²) < 4.78 is 0. The molecule has 1 aromatic heterocycles. The Hall–Kier alpha value is -2.73. The first-order valence-electron chi connectivity index (χ1n) is 10.2. The highest BCUT2D eigenvalue weighted by molar-refractivity contribution is 7.11. The van der Waals surface area contributed by atoms with E-state index >= 15 is 0 Å². The van der Waals surface area contributed by atoms with Crippen LogP contribution in [0.15, 0.2) is 42.5 Å². The minimum Gasteiger partial charge on any atom is -0.347 e.